The van der Waals surface area contributed by atoms with Crippen molar-refractivity contribution in [3.63, 3.8) is 0 Å². The number of aryl methyl sites for hydroxylation is 1. The number of pyridine rings is 1. The van der Waals surface area contributed by atoms with E-state index in [-0.39, 0.29) is 6.04 Å². The maximum Gasteiger partial charge on any atom is 0.0699 e. The van der Waals surface area contributed by atoms with Crippen LogP contribution >= 0.6 is 0 Å². The summed E-state index contributed by atoms with van der Waals surface area (Å²) in [6.45, 7) is 2.01. The van der Waals surface area contributed by atoms with E-state index in [0.29, 0.717) is 0 Å². The molecule has 0 amide bonds. The average Bonchev–Trinajstić information content (AvgIpc) is 2.74. The van der Waals surface area contributed by atoms with Gasteiger partial charge in [-0.1, -0.05) is 12.2 Å². The number of aromatic nitrogens is 3. The van der Waals surface area contributed by atoms with E-state index in [1.165, 1.54) is 5.57 Å². The Morgan fingerprint density at radius 3 is 2.80 bits per heavy atom. The number of hydrogen-bond donors (Lipinski definition) is 1. The van der Waals surface area contributed by atoms with Crippen molar-refractivity contribution >= 4 is 12.2 Å². The molecule has 2 aromatic rings. The average molecular weight is 266 g/mol. The lowest BCUT2D eigenvalue weighted by molar-refractivity contribution is 0.768. The molecule has 2 aromatic heterocycles. The van der Waals surface area contributed by atoms with Gasteiger partial charge in [0.05, 0.1) is 11.5 Å². The first-order valence-corrected chi connectivity index (χ1v) is 6.75. The second kappa shape index (κ2) is 5.06. The second-order valence-corrected chi connectivity index (χ2v) is 5.21. The van der Waals surface area contributed by atoms with Crippen molar-refractivity contribution in [2.45, 2.75) is 19.4 Å². The molecule has 0 radical (unpaired) electrons. The van der Waals surface area contributed by atoms with Crippen LogP contribution in [0.25, 0.3) is 23.3 Å². The molecule has 2 N–H and O–H groups in total. The van der Waals surface area contributed by atoms with Crippen molar-refractivity contribution in [3.05, 3.63) is 46.9 Å². The lowest BCUT2D eigenvalue weighted by Gasteiger charge is -2.06. The van der Waals surface area contributed by atoms with Crippen molar-refractivity contribution in [2.24, 2.45) is 12.8 Å². The van der Waals surface area contributed by atoms with Crippen LogP contribution in [0.1, 0.15) is 13.3 Å². The first-order valence-electron chi connectivity index (χ1n) is 6.75. The van der Waals surface area contributed by atoms with Crippen LogP contribution in [0.2, 0.25) is 0 Å². The fourth-order valence-corrected chi connectivity index (χ4v) is 2.34. The van der Waals surface area contributed by atoms with E-state index in [0.717, 1.165) is 28.1 Å². The van der Waals surface area contributed by atoms with Crippen LogP contribution in [0.3, 0.4) is 0 Å². The lowest BCUT2D eigenvalue weighted by atomic mass is 10.1. The van der Waals surface area contributed by atoms with Crippen LogP contribution in [-0.2, 0) is 7.05 Å². The Kier molecular flexibility index (Phi) is 3.24. The summed E-state index contributed by atoms with van der Waals surface area (Å²) in [5, 5.41) is 6.35. The minimum absolute atomic E-state index is 0.0783. The highest BCUT2D eigenvalue weighted by molar-refractivity contribution is 5.61. The van der Waals surface area contributed by atoms with Gasteiger partial charge in [0.25, 0.3) is 0 Å². The molecule has 4 nitrogen and oxygen atoms in total. The van der Waals surface area contributed by atoms with Crippen molar-refractivity contribution < 1.29 is 0 Å². The van der Waals surface area contributed by atoms with E-state index in [9.17, 15) is 0 Å². The molecule has 0 spiro atoms. The van der Waals surface area contributed by atoms with Crippen LogP contribution in [-0.4, -0.2) is 20.8 Å². The molecule has 0 saturated carbocycles. The molecule has 1 aliphatic rings. The van der Waals surface area contributed by atoms with Gasteiger partial charge in [-0.25, -0.2) is 0 Å². The largest absolute Gasteiger partial charge is 0.324 e. The number of rotatable bonds is 2. The molecular weight excluding hydrogens is 248 g/mol. The van der Waals surface area contributed by atoms with Crippen LogP contribution < -0.4 is 16.3 Å². The minimum atomic E-state index is 0.0783. The number of nitrogens with two attached hydrogens (primary N) is 1. The maximum absolute atomic E-state index is 5.96. The molecule has 0 bridgehead atoms. The van der Waals surface area contributed by atoms with Gasteiger partial charge in [-0.3, -0.25) is 9.67 Å². The zero-order valence-electron chi connectivity index (χ0n) is 11.7. The van der Waals surface area contributed by atoms with Crippen LogP contribution in [0.15, 0.2) is 36.3 Å². The van der Waals surface area contributed by atoms with Crippen LogP contribution in [0.5, 0.6) is 0 Å². The first kappa shape index (κ1) is 12.8. The molecule has 1 aliphatic carbocycles. The van der Waals surface area contributed by atoms with Gasteiger partial charge in [-0.2, -0.15) is 5.10 Å². The van der Waals surface area contributed by atoms with E-state index < -0.39 is 0 Å². The summed E-state index contributed by atoms with van der Waals surface area (Å²) < 4.78 is 1.80. The van der Waals surface area contributed by atoms with E-state index in [2.05, 4.69) is 28.3 Å². The van der Waals surface area contributed by atoms with Gasteiger partial charge in [-0.15, -0.1) is 0 Å². The molecule has 3 rings (SSSR count). The van der Waals surface area contributed by atoms with Crippen molar-refractivity contribution in [2.75, 3.05) is 0 Å². The Labute approximate surface area is 118 Å². The topological polar surface area (TPSA) is 56.7 Å². The fraction of sp³-hybridized carbons (Fsp3) is 0.250. The van der Waals surface area contributed by atoms with Crippen molar-refractivity contribution in [3.8, 4) is 11.1 Å². The normalized spacial score (nSPS) is 15.4. The quantitative estimate of drug-likeness (QED) is 0.871. The molecule has 0 fully saturated rings. The van der Waals surface area contributed by atoms with Gasteiger partial charge in [0.1, 0.15) is 0 Å². The molecule has 2 heterocycles. The Hall–Kier alpha value is -2.20. The molecule has 0 aliphatic heterocycles. The zero-order chi connectivity index (χ0) is 14.1. The number of allylic oxidation sites excluding steroid dienone is 1. The predicted octanol–water partition coefficient (Wildman–Crippen LogP) is 0.720. The third-order valence-electron chi connectivity index (χ3n) is 3.59. The number of nitrogens with zero attached hydrogens (tertiary/aromatic N) is 3. The first-order chi connectivity index (χ1) is 9.63. The molecule has 1 atom stereocenters. The third-order valence-corrected chi connectivity index (χ3v) is 3.59. The van der Waals surface area contributed by atoms with Crippen LogP contribution in [0, 0.1) is 0 Å². The van der Waals surface area contributed by atoms with Gasteiger partial charge in [0.2, 0.25) is 0 Å². The summed E-state index contributed by atoms with van der Waals surface area (Å²) in [6.07, 6.45) is 12.9. The third kappa shape index (κ3) is 2.42. The zero-order valence-corrected chi connectivity index (χ0v) is 11.7. The summed E-state index contributed by atoms with van der Waals surface area (Å²) in [4.78, 5) is 4.55. The Bertz CT molecular complexity index is 781. The Balaban J connectivity index is 2.06. The van der Waals surface area contributed by atoms with Crippen molar-refractivity contribution in [1.29, 1.82) is 0 Å². The summed E-state index contributed by atoms with van der Waals surface area (Å²) in [5.74, 6) is 0. The van der Waals surface area contributed by atoms with Gasteiger partial charge in [-0.05, 0) is 36.3 Å². The molecule has 0 saturated heterocycles. The summed E-state index contributed by atoms with van der Waals surface area (Å²) >= 11 is 0. The van der Waals surface area contributed by atoms with Crippen LogP contribution in [0.4, 0.5) is 0 Å². The second-order valence-electron chi connectivity index (χ2n) is 5.21. The van der Waals surface area contributed by atoms with E-state index in [4.69, 9.17) is 5.73 Å². The monoisotopic (exact) mass is 266 g/mol. The highest BCUT2D eigenvalue weighted by Gasteiger charge is 2.05. The van der Waals surface area contributed by atoms with Crippen molar-refractivity contribution in [1.82, 2.24) is 14.8 Å². The fourth-order valence-electron chi connectivity index (χ4n) is 2.34. The van der Waals surface area contributed by atoms with Gasteiger partial charge in [0, 0.05) is 36.6 Å². The minimum Gasteiger partial charge on any atom is -0.324 e. The Morgan fingerprint density at radius 2 is 2.10 bits per heavy atom. The van der Waals surface area contributed by atoms with Gasteiger partial charge < -0.3 is 5.73 Å². The summed E-state index contributed by atoms with van der Waals surface area (Å²) in [6, 6.07) is 2.24. The molecule has 0 aromatic carbocycles. The van der Waals surface area contributed by atoms with E-state index in [1.807, 2.05) is 38.6 Å². The van der Waals surface area contributed by atoms with Gasteiger partial charge >= 0.3 is 0 Å². The molecule has 102 valence electrons. The SMILES string of the molecule is CC(N)C1=CC=c2ncc(-c3cnn(C)c3)cc2=CC1. The number of hydrogen-bond acceptors (Lipinski definition) is 3. The Morgan fingerprint density at radius 1 is 1.25 bits per heavy atom. The van der Waals surface area contributed by atoms with E-state index >= 15 is 0 Å². The lowest BCUT2D eigenvalue weighted by Crippen LogP contribution is -2.27. The highest BCUT2D eigenvalue weighted by Crippen LogP contribution is 2.14. The number of fused-ring (bicyclic) bond motifs is 1. The molecule has 20 heavy (non-hydrogen) atoms. The summed E-state index contributed by atoms with van der Waals surface area (Å²) in [5.41, 5.74) is 9.36. The maximum atomic E-state index is 5.96. The molecular formula is C16H18N4. The van der Waals surface area contributed by atoms with E-state index in [1.54, 1.807) is 4.68 Å². The van der Waals surface area contributed by atoms with Gasteiger partial charge in [0.15, 0.2) is 0 Å². The standard InChI is InChI=1S/C16H18N4/c1-11(17)12-3-4-13-7-14(8-18-16(13)6-5-12)15-9-19-20(2)10-15/h4-11H,3,17H2,1-2H3. The summed E-state index contributed by atoms with van der Waals surface area (Å²) in [7, 11) is 1.92. The highest BCUT2D eigenvalue weighted by atomic mass is 15.2. The predicted molar refractivity (Wildman–Crippen MR) is 81.0 cm³/mol. The molecule has 4 heteroatoms. The smallest absolute Gasteiger partial charge is 0.0699 e. The molecule has 1 unspecified atom stereocenters.